The smallest absolute Gasteiger partial charge is 0.326 e. The van der Waals surface area contributed by atoms with Crippen molar-refractivity contribution in [2.24, 2.45) is 7.05 Å². The van der Waals surface area contributed by atoms with Crippen LogP contribution in [0.15, 0.2) is 0 Å². The number of aliphatic hydroxyl groups excluding tert-OH is 1. The van der Waals surface area contributed by atoms with Crippen LogP contribution in [0.25, 0.3) is 0 Å². The van der Waals surface area contributed by atoms with Gasteiger partial charge in [0.25, 0.3) is 5.95 Å². The van der Waals surface area contributed by atoms with E-state index in [2.05, 4.69) is 20.7 Å². The molecule has 0 unspecified atom stereocenters. The van der Waals surface area contributed by atoms with Crippen molar-refractivity contribution in [3.8, 4) is 0 Å². The van der Waals surface area contributed by atoms with Crippen molar-refractivity contribution in [2.45, 2.75) is 18.6 Å². The summed E-state index contributed by atoms with van der Waals surface area (Å²) in [6.45, 7) is -0.0386. The van der Waals surface area contributed by atoms with Gasteiger partial charge in [-0.15, -0.1) is 5.10 Å². The Morgan fingerprint density at radius 3 is 2.78 bits per heavy atom. The third-order valence-electron chi connectivity index (χ3n) is 2.55. The zero-order valence-electron chi connectivity index (χ0n) is 9.52. The number of aromatic nitrogens is 4. The van der Waals surface area contributed by atoms with Crippen LogP contribution in [0.5, 0.6) is 0 Å². The monoisotopic (exact) mass is 256 g/mol. The molecule has 2 atom stereocenters. The van der Waals surface area contributed by atoms with E-state index < -0.39 is 24.1 Å². The summed E-state index contributed by atoms with van der Waals surface area (Å²) in [6, 6.07) is -1.72. The lowest BCUT2D eigenvalue weighted by Crippen LogP contribution is -2.43. The zero-order valence-corrected chi connectivity index (χ0v) is 9.52. The van der Waals surface area contributed by atoms with Gasteiger partial charge < -0.3 is 15.1 Å². The highest BCUT2D eigenvalue weighted by atomic mass is 16.4. The first-order valence-electron chi connectivity index (χ1n) is 5.20. The van der Waals surface area contributed by atoms with Crippen molar-refractivity contribution < 1.29 is 19.8 Å². The van der Waals surface area contributed by atoms with Gasteiger partial charge in [0, 0.05) is 13.0 Å². The van der Waals surface area contributed by atoms with Gasteiger partial charge in [-0.05, 0) is 5.21 Å². The van der Waals surface area contributed by atoms with Gasteiger partial charge in [-0.3, -0.25) is 5.32 Å². The highest BCUT2D eigenvalue weighted by Gasteiger charge is 2.39. The maximum Gasteiger partial charge on any atom is 0.326 e. The number of aryl methyl sites for hydroxylation is 1. The molecule has 3 N–H and O–H groups in total. The maximum atomic E-state index is 11.8. The molecule has 0 spiro atoms. The molecule has 98 valence electrons. The van der Waals surface area contributed by atoms with E-state index in [0.29, 0.717) is 0 Å². The van der Waals surface area contributed by atoms with Gasteiger partial charge in [-0.1, -0.05) is 5.10 Å². The summed E-state index contributed by atoms with van der Waals surface area (Å²) in [6.07, 6.45) is -0.830. The Bertz CT molecular complexity index is 474. The number of carbonyl (C=O) groups is 2. The number of carboxylic acid groups (broad SMARTS) is 1. The van der Waals surface area contributed by atoms with Crippen molar-refractivity contribution in [1.29, 1.82) is 0 Å². The van der Waals surface area contributed by atoms with Crippen molar-refractivity contribution in [3.05, 3.63) is 0 Å². The second-order valence-electron chi connectivity index (χ2n) is 3.93. The molecule has 2 rings (SSSR count). The first kappa shape index (κ1) is 12.2. The molecule has 2 heterocycles. The number of carbonyl (C=O) groups excluding carboxylic acids is 1. The number of anilines is 1. The second-order valence-corrected chi connectivity index (χ2v) is 3.93. The summed E-state index contributed by atoms with van der Waals surface area (Å²) in [7, 11) is 1.53. The quantitative estimate of drug-likeness (QED) is 0.572. The topological polar surface area (TPSA) is 133 Å². The Morgan fingerprint density at radius 2 is 2.22 bits per heavy atom. The molecule has 10 heteroatoms. The minimum absolute atomic E-state index is 0.0106. The summed E-state index contributed by atoms with van der Waals surface area (Å²) in [5, 5.41) is 31.5. The van der Waals surface area contributed by atoms with Crippen molar-refractivity contribution >= 4 is 17.9 Å². The van der Waals surface area contributed by atoms with Gasteiger partial charge >= 0.3 is 12.0 Å². The van der Waals surface area contributed by atoms with Gasteiger partial charge in [-0.2, -0.15) is 4.80 Å². The Balaban J connectivity index is 2.06. The number of rotatable bonds is 2. The van der Waals surface area contributed by atoms with Crippen LogP contribution >= 0.6 is 0 Å². The minimum Gasteiger partial charge on any atom is -0.480 e. The van der Waals surface area contributed by atoms with Crippen LogP contribution in [0.3, 0.4) is 0 Å². The lowest BCUT2D eigenvalue weighted by Gasteiger charge is -2.20. The number of likely N-dealkylation sites (tertiary alicyclic amines) is 1. The standard InChI is InChI=1S/C8H12N6O4/c1-13-11-7(10-12-13)9-8(18)14-3-4(15)2-5(14)6(16)17/h4-5,15H,2-3H2,1H3,(H,16,17)(H,9,11,18)/t4-,5+/m1/s1. The SMILES string of the molecule is Cn1nnc(NC(=O)N2C[C@H](O)C[C@H]2C(=O)O)n1. The fourth-order valence-electron chi connectivity index (χ4n) is 1.77. The predicted octanol–water partition coefficient (Wildman–Crippen LogP) is -1.74. The summed E-state index contributed by atoms with van der Waals surface area (Å²) in [5.74, 6) is -1.18. The van der Waals surface area contributed by atoms with E-state index in [4.69, 9.17) is 5.11 Å². The third-order valence-corrected chi connectivity index (χ3v) is 2.55. The van der Waals surface area contributed by atoms with Gasteiger partial charge in [0.2, 0.25) is 0 Å². The number of aliphatic carboxylic acids is 1. The molecular weight excluding hydrogens is 244 g/mol. The van der Waals surface area contributed by atoms with Crippen LogP contribution < -0.4 is 5.32 Å². The fourth-order valence-corrected chi connectivity index (χ4v) is 1.77. The Hall–Kier alpha value is -2.23. The van der Waals surface area contributed by atoms with E-state index in [1.54, 1.807) is 0 Å². The number of β-amino-alcohol motifs (C(OH)–C–C–N with tert-alkyl or cyclic N) is 1. The van der Waals surface area contributed by atoms with Crippen molar-refractivity contribution in [3.63, 3.8) is 0 Å². The van der Waals surface area contributed by atoms with E-state index in [9.17, 15) is 14.7 Å². The summed E-state index contributed by atoms with van der Waals surface area (Å²) < 4.78 is 0. The molecule has 18 heavy (non-hydrogen) atoms. The lowest BCUT2D eigenvalue weighted by molar-refractivity contribution is -0.141. The summed E-state index contributed by atoms with van der Waals surface area (Å²) in [4.78, 5) is 24.9. The average Bonchev–Trinajstić information content (AvgIpc) is 2.85. The molecule has 1 aliphatic rings. The largest absolute Gasteiger partial charge is 0.480 e. The van der Waals surface area contributed by atoms with Crippen LogP contribution in [0.1, 0.15) is 6.42 Å². The van der Waals surface area contributed by atoms with Crippen LogP contribution in [0.2, 0.25) is 0 Å². The molecule has 0 bridgehead atoms. The Kier molecular flexibility index (Phi) is 3.10. The molecule has 2 amide bonds. The van der Waals surface area contributed by atoms with E-state index in [1.807, 2.05) is 0 Å². The number of urea groups is 1. The molecule has 0 aromatic carbocycles. The zero-order chi connectivity index (χ0) is 13.3. The number of tetrazole rings is 1. The Morgan fingerprint density at radius 1 is 1.50 bits per heavy atom. The normalized spacial score (nSPS) is 23.1. The minimum atomic E-state index is -1.16. The number of nitrogens with zero attached hydrogens (tertiary/aromatic N) is 5. The third kappa shape index (κ3) is 2.37. The molecule has 0 radical (unpaired) electrons. The lowest BCUT2D eigenvalue weighted by atomic mass is 10.2. The van der Waals surface area contributed by atoms with Crippen LogP contribution in [-0.4, -0.2) is 66.0 Å². The maximum absolute atomic E-state index is 11.8. The highest BCUT2D eigenvalue weighted by molar-refractivity contribution is 5.91. The van der Waals surface area contributed by atoms with E-state index in [0.717, 1.165) is 9.70 Å². The van der Waals surface area contributed by atoms with E-state index in [1.165, 1.54) is 7.05 Å². The molecular formula is C8H12N6O4. The van der Waals surface area contributed by atoms with Crippen molar-refractivity contribution in [2.75, 3.05) is 11.9 Å². The van der Waals surface area contributed by atoms with Crippen LogP contribution in [0, 0.1) is 0 Å². The van der Waals surface area contributed by atoms with Gasteiger partial charge in [0.1, 0.15) is 6.04 Å². The second kappa shape index (κ2) is 4.56. The van der Waals surface area contributed by atoms with E-state index >= 15 is 0 Å². The molecule has 1 aromatic heterocycles. The number of aliphatic hydroxyl groups is 1. The molecule has 0 aliphatic carbocycles. The molecule has 1 saturated heterocycles. The predicted molar refractivity (Wildman–Crippen MR) is 56.6 cm³/mol. The highest BCUT2D eigenvalue weighted by Crippen LogP contribution is 2.18. The number of amides is 2. The number of carboxylic acids is 1. The van der Waals surface area contributed by atoms with Crippen LogP contribution in [0.4, 0.5) is 10.7 Å². The first-order chi connectivity index (χ1) is 8.47. The molecule has 1 aromatic rings. The first-order valence-corrected chi connectivity index (χ1v) is 5.20. The van der Waals surface area contributed by atoms with Crippen LogP contribution in [-0.2, 0) is 11.8 Å². The molecule has 0 saturated carbocycles. The summed E-state index contributed by atoms with van der Waals surface area (Å²) in [5.41, 5.74) is 0. The number of nitrogens with one attached hydrogen (secondary N) is 1. The van der Waals surface area contributed by atoms with Gasteiger partial charge in [0.05, 0.1) is 13.2 Å². The van der Waals surface area contributed by atoms with Gasteiger partial charge in [-0.25, -0.2) is 9.59 Å². The van der Waals surface area contributed by atoms with Crippen molar-refractivity contribution in [1.82, 2.24) is 25.1 Å². The number of hydrogen-bond donors (Lipinski definition) is 3. The van der Waals surface area contributed by atoms with Gasteiger partial charge in [0.15, 0.2) is 0 Å². The van der Waals surface area contributed by atoms with E-state index in [-0.39, 0.29) is 18.9 Å². The fraction of sp³-hybridized carbons (Fsp3) is 0.625. The Labute approximate surface area is 101 Å². The summed E-state index contributed by atoms with van der Waals surface area (Å²) >= 11 is 0. The molecule has 1 aliphatic heterocycles. The molecule has 1 fully saturated rings. The number of hydrogen-bond acceptors (Lipinski definition) is 6. The molecule has 10 nitrogen and oxygen atoms in total. The average molecular weight is 256 g/mol.